The molecule has 2 bridgehead atoms. The first-order chi connectivity index (χ1) is 16.0. The smallest absolute Gasteiger partial charge is 0.223 e. The van der Waals surface area contributed by atoms with E-state index in [0.29, 0.717) is 18.0 Å². The fraction of sp³-hybridized carbons (Fsp3) is 0.654. The summed E-state index contributed by atoms with van der Waals surface area (Å²) in [4.78, 5) is 15.5. The first-order valence-electron chi connectivity index (χ1n) is 12.8. The number of benzene rings is 1. The number of carbonyl (C=O) groups is 1. The monoisotopic (exact) mass is 450 g/mol. The van der Waals surface area contributed by atoms with Crippen LogP contribution in [-0.2, 0) is 4.79 Å². The van der Waals surface area contributed by atoms with Crippen molar-refractivity contribution in [1.29, 1.82) is 0 Å². The first kappa shape index (κ1) is 22.4. The van der Waals surface area contributed by atoms with Crippen LogP contribution in [0.2, 0.25) is 0 Å². The minimum absolute atomic E-state index is 0.0874. The van der Waals surface area contributed by atoms with E-state index in [1.165, 1.54) is 24.8 Å². The molecule has 5 rings (SSSR count). The van der Waals surface area contributed by atoms with Crippen molar-refractivity contribution < 1.29 is 4.79 Å². The summed E-state index contributed by atoms with van der Waals surface area (Å²) in [5.41, 5.74) is 1.22. The van der Waals surface area contributed by atoms with Crippen LogP contribution < -0.4 is 10.3 Å². The van der Waals surface area contributed by atoms with Crippen molar-refractivity contribution in [3.63, 3.8) is 0 Å². The zero-order valence-electron chi connectivity index (χ0n) is 20.3. The number of carbonyl (C=O) groups excluding carboxylic acids is 1. The van der Waals surface area contributed by atoms with Crippen molar-refractivity contribution in [3.05, 3.63) is 47.5 Å². The third kappa shape index (κ3) is 4.52. The molecular weight excluding hydrogens is 412 g/mol. The lowest BCUT2D eigenvalue weighted by molar-refractivity contribution is -0.128. The molecule has 2 aliphatic heterocycles. The molecule has 7 heteroatoms. The lowest BCUT2D eigenvalue weighted by Crippen LogP contribution is -2.58. The van der Waals surface area contributed by atoms with Crippen LogP contribution in [0.25, 0.3) is 0 Å². The lowest BCUT2D eigenvalue weighted by Gasteiger charge is -2.43. The van der Waals surface area contributed by atoms with Crippen LogP contribution in [0, 0.1) is 12.8 Å². The zero-order chi connectivity index (χ0) is 22.9. The highest BCUT2D eigenvalue weighted by Crippen LogP contribution is 2.32. The quantitative estimate of drug-likeness (QED) is 0.666. The zero-order valence-corrected chi connectivity index (χ0v) is 20.3. The Morgan fingerprint density at radius 1 is 1.06 bits per heavy atom. The molecule has 3 fully saturated rings. The Morgan fingerprint density at radius 2 is 1.76 bits per heavy atom. The Bertz CT molecular complexity index is 939. The van der Waals surface area contributed by atoms with Gasteiger partial charge in [0.05, 0.1) is 19.1 Å². The molecule has 3 atom stereocenters. The number of rotatable bonds is 8. The third-order valence-corrected chi connectivity index (χ3v) is 7.90. The Labute approximate surface area is 197 Å². The molecule has 1 saturated carbocycles. The van der Waals surface area contributed by atoms with E-state index in [4.69, 9.17) is 0 Å². The van der Waals surface area contributed by atoms with Gasteiger partial charge in [-0.3, -0.25) is 9.69 Å². The second kappa shape index (κ2) is 9.45. The third-order valence-electron chi connectivity index (χ3n) is 7.90. The summed E-state index contributed by atoms with van der Waals surface area (Å²) in [5, 5.41) is 14.7. The molecule has 3 heterocycles. The highest BCUT2D eigenvalue weighted by atomic mass is 16.2. The second-order valence-corrected chi connectivity index (χ2v) is 10.5. The van der Waals surface area contributed by atoms with Gasteiger partial charge >= 0.3 is 0 Å². The van der Waals surface area contributed by atoms with E-state index in [1.54, 1.807) is 0 Å². The number of fused-ring (bicyclic) bond motifs is 2. The Kier molecular flexibility index (Phi) is 6.41. The number of piperazine rings is 1. The molecule has 0 spiro atoms. The molecule has 178 valence electrons. The molecule has 0 radical (unpaired) electrons. The van der Waals surface area contributed by atoms with E-state index < -0.39 is 0 Å². The van der Waals surface area contributed by atoms with Gasteiger partial charge in [-0.05, 0) is 44.6 Å². The Morgan fingerprint density at radius 3 is 2.36 bits per heavy atom. The normalized spacial score (nSPS) is 24.2. The van der Waals surface area contributed by atoms with Gasteiger partial charge in [0.25, 0.3) is 0 Å². The van der Waals surface area contributed by atoms with Crippen LogP contribution in [0.3, 0.4) is 0 Å². The van der Waals surface area contributed by atoms with Crippen molar-refractivity contribution in [2.45, 2.75) is 83.3 Å². The van der Waals surface area contributed by atoms with Crippen LogP contribution >= 0.6 is 0 Å². The van der Waals surface area contributed by atoms with Crippen LogP contribution in [0.15, 0.2) is 30.3 Å². The topological polar surface area (TPSA) is 66.3 Å². The van der Waals surface area contributed by atoms with Gasteiger partial charge in [0.15, 0.2) is 5.82 Å². The molecule has 7 nitrogen and oxygen atoms in total. The van der Waals surface area contributed by atoms with E-state index in [9.17, 15) is 4.79 Å². The van der Waals surface area contributed by atoms with E-state index >= 15 is 0 Å². The van der Waals surface area contributed by atoms with Gasteiger partial charge < -0.3 is 10.3 Å². The van der Waals surface area contributed by atoms with Crippen molar-refractivity contribution in [1.82, 2.24) is 25.1 Å². The van der Waals surface area contributed by atoms with Crippen LogP contribution in [-0.4, -0.2) is 57.4 Å². The molecular formula is C26H38N6O. The van der Waals surface area contributed by atoms with Gasteiger partial charge in [-0.1, -0.05) is 50.6 Å². The SMILES string of the molecule is Cc1nnc(C(C)C)n1N1CC2CCC(C1)N2CCC(NC(=O)C1CCC1)c1ccccc1. The van der Waals surface area contributed by atoms with E-state index in [-0.39, 0.29) is 17.9 Å². The van der Waals surface area contributed by atoms with Gasteiger partial charge in [-0.15, -0.1) is 10.2 Å². The maximum Gasteiger partial charge on any atom is 0.223 e. The highest BCUT2D eigenvalue weighted by molar-refractivity contribution is 5.79. The average molecular weight is 451 g/mol. The Balaban J connectivity index is 1.26. The maximum atomic E-state index is 12.7. The Hall–Kier alpha value is -2.41. The summed E-state index contributed by atoms with van der Waals surface area (Å²) in [7, 11) is 0. The molecule has 1 aliphatic carbocycles. The van der Waals surface area contributed by atoms with Gasteiger partial charge in [0.2, 0.25) is 5.91 Å². The van der Waals surface area contributed by atoms with E-state index in [0.717, 1.165) is 50.5 Å². The number of aryl methyl sites for hydroxylation is 1. The first-order valence-corrected chi connectivity index (χ1v) is 12.8. The van der Waals surface area contributed by atoms with Crippen LogP contribution in [0.4, 0.5) is 0 Å². The summed E-state index contributed by atoms with van der Waals surface area (Å²) < 4.78 is 2.26. The predicted molar refractivity (Wildman–Crippen MR) is 130 cm³/mol. The molecule has 3 aliphatic rings. The number of aromatic nitrogens is 3. The molecule has 2 aromatic rings. The van der Waals surface area contributed by atoms with E-state index in [1.807, 2.05) is 6.07 Å². The van der Waals surface area contributed by atoms with Crippen LogP contribution in [0.5, 0.6) is 0 Å². The fourth-order valence-electron chi connectivity index (χ4n) is 5.83. The second-order valence-electron chi connectivity index (χ2n) is 10.5. The minimum Gasteiger partial charge on any atom is -0.349 e. The van der Waals surface area contributed by atoms with Gasteiger partial charge in [0, 0.05) is 30.5 Å². The largest absolute Gasteiger partial charge is 0.349 e. The summed E-state index contributed by atoms with van der Waals surface area (Å²) in [5.74, 6) is 2.86. The summed E-state index contributed by atoms with van der Waals surface area (Å²) in [6.07, 6.45) is 6.71. The van der Waals surface area contributed by atoms with Gasteiger partial charge in [-0.2, -0.15) is 0 Å². The number of hydrogen-bond acceptors (Lipinski definition) is 5. The molecule has 1 aromatic heterocycles. The average Bonchev–Trinajstić information content (AvgIpc) is 3.26. The van der Waals surface area contributed by atoms with Crippen molar-refractivity contribution in [2.24, 2.45) is 5.92 Å². The van der Waals surface area contributed by atoms with Crippen LogP contribution in [0.1, 0.15) is 81.5 Å². The minimum atomic E-state index is 0.0874. The molecule has 2 saturated heterocycles. The molecule has 1 N–H and O–H groups in total. The lowest BCUT2D eigenvalue weighted by atomic mass is 9.84. The number of nitrogens with zero attached hydrogens (tertiary/aromatic N) is 5. The van der Waals surface area contributed by atoms with Crippen molar-refractivity contribution >= 4 is 5.91 Å². The molecule has 33 heavy (non-hydrogen) atoms. The van der Waals surface area contributed by atoms with Crippen molar-refractivity contribution in [3.8, 4) is 0 Å². The molecule has 3 unspecified atom stereocenters. The number of nitrogens with one attached hydrogen (secondary N) is 1. The maximum absolute atomic E-state index is 12.7. The number of hydrogen-bond donors (Lipinski definition) is 1. The molecule has 1 amide bonds. The van der Waals surface area contributed by atoms with E-state index in [2.05, 4.69) is 75.1 Å². The summed E-state index contributed by atoms with van der Waals surface area (Å²) in [6.45, 7) is 9.48. The summed E-state index contributed by atoms with van der Waals surface area (Å²) in [6, 6.07) is 11.7. The fourth-order valence-corrected chi connectivity index (χ4v) is 5.83. The standard InChI is InChI=1S/C26H38N6O/c1-18(2)25-29-28-19(3)32(25)30-16-22-12-13-23(17-30)31(22)15-14-24(20-8-5-4-6-9-20)27-26(33)21-10-7-11-21/h4-6,8-9,18,21-24H,7,10-17H2,1-3H3,(H,27,33). The predicted octanol–water partition coefficient (Wildman–Crippen LogP) is 3.54. The molecule has 1 aromatic carbocycles. The van der Waals surface area contributed by atoms with Gasteiger partial charge in [-0.25, -0.2) is 4.68 Å². The summed E-state index contributed by atoms with van der Waals surface area (Å²) >= 11 is 0. The highest BCUT2D eigenvalue weighted by Gasteiger charge is 2.41. The number of amides is 1. The van der Waals surface area contributed by atoms with Gasteiger partial charge in [0.1, 0.15) is 5.82 Å². The van der Waals surface area contributed by atoms with Crippen molar-refractivity contribution in [2.75, 3.05) is 24.6 Å².